The van der Waals surface area contributed by atoms with Crippen LogP contribution in [-0.4, -0.2) is 25.0 Å². The lowest BCUT2D eigenvalue weighted by Crippen LogP contribution is -2.00. The molecular formula is C11H9ClN6. The van der Waals surface area contributed by atoms with Gasteiger partial charge in [-0.15, -0.1) is 16.7 Å². The van der Waals surface area contributed by atoms with E-state index >= 15 is 0 Å². The van der Waals surface area contributed by atoms with E-state index in [-0.39, 0.29) is 0 Å². The van der Waals surface area contributed by atoms with Gasteiger partial charge in [-0.2, -0.15) is 4.52 Å². The number of hydrogen-bond donors (Lipinski definition) is 1. The number of halogens is 1. The Hall–Kier alpha value is -2.21. The number of nitrogens with one attached hydrogen (secondary N) is 1. The standard InChI is InChI=1S/C11H9ClN6/c12-5-8-1-3-9(4-2-8)14-10-6-13-7-11-15-16-17-18(10)11/h1-4,6-7,14H,5H2. The number of nitrogens with zero attached hydrogens (tertiary/aromatic N) is 5. The first-order chi connectivity index (χ1) is 8.86. The summed E-state index contributed by atoms with van der Waals surface area (Å²) < 4.78 is 1.59. The molecule has 0 fully saturated rings. The highest BCUT2D eigenvalue weighted by molar-refractivity contribution is 6.17. The number of anilines is 2. The summed E-state index contributed by atoms with van der Waals surface area (Å²) in [6.45, 7) is 0. The first-order valence-corrected chi connectivity index (χ1v) is 5.84. The molecule has 0 atom stereocenters. The van der Waals surface area contributed by atoms with Crippen LogP contribution in [0.15, 0.2) is 36.7 Å². The van der Waals surface area contributed by atoms with Gasteiger partial charge in [0.05, 0.1) is 12.4 Å². The van der Waals surface area contributed by atoms with Crippen LogP contribution in [0.5, 0.6) is 0 Å². The second kappa shape index (κ2) is 4.58. The fourth-order valence-electron chi connectivity index (χ4n) is 1.59. The maximum absolute atomic E-state index is 5.74. The zero-order valence-electron chi connectivity index (χ0n) is 9.29. The van der Waals surface area contributed by atoms with Gasteiger partial charge >= 0.3 is 0 Å². The first kappa shape index (κ1) is 10.9. The molecule has 0 saturated carbocycles. The van der Waals surface area contributed by atoms with Crippen molar-refractivity contribution in [1.82, 2.24) is 25.0 Å². The Labute approximate surface area is 108 Å². The maximum atomic E-state index is 5.74. The van der Waals surface area contributed by atoms with Gasteiger partial charge in [0.25, 0.3) is 0 Å². The second-order valence-electron chi connectivity index (χ2n) is 3.70. The topological polar surface area (TPSA) is 68.0 Å². The fraction of sp³-hybridized carbons (Fsp3) is 0.0909. The highest BCUT2D eigenvalue weighted by Gasteiger charge is 2.03. The van der Waals surface area contributed by atoms with Crippen LogP contribution in [0.1, 0.15) is 5.56 Å². The molecule has 0 aliphatic heterocycles. The van der Waals surface area contributed by atoms with E-state index in [2.05, 4.69) is 25.8 Å². The van der Waals surface area contributed by atoms with E-state index < -0.39 is 0 Å². The minimum absolute atomic E-state index is 0.504. The molecule has 6 nitrogen and oxygen atoms in total. The highest BCUT2D eigenvalue weighted by atomic mass is 35.5. The Morgan fingerprint density at radius 3 is 2.78 bits per heavy atom. The molecule has 0 bridgehead atoms. The van der Waals surface area contributed by atoms with Crippen molar-refractivity contribution in [2.24, 2.45) is 0 Å². The molecule has 7 heteroatoms. The SMILES string of the molecule is ClCc1ccc(Nc2cncc3nnnn23)cc1. The first-order valence-electron chi connectivity index (χ1n) is 5.31. The zero-order valence-corrected chi connectivity index (χ0v) is 10.0. The summed E-state index contributed by atoms with van der Waals surface area (Å²) in [4.78, 5) is 4.07. The zero-order chi connectivity index (χ0) is 12.4. The fourth-order valence-corrected chi connectivity index (χ4v) is 1.76. The summed E-state index contributed by atoms with van der Waals surface area (Å²) >= 11 is 5.74. The maximum Gasteiger partial charge on any atom is 0.199 e. The van der Waals surface area contributed by atoms with Crippen molar-refractivity contribution in [3.63, 3.8) is 0 Å². The quantitative estimate of drug-likeness (QED) is 0.730. The summed E-state index contributed by atoms with van der Waals surface area (Å²) in [6, 6.07) is 7.81. The molecule has 2 heterocycles. The van der Waals surface area contributed by atoms with Crippen molar-refractivity contribution in [1.29, 1.82) is 0 Å². The summed E-state index contributed by atoms with van der Waals surface area (Å²) in [7, 11) is 0. The Balaban J connectivity index is 1.93. The van der Waals surface area contributed by atoms with Crippen molar-refractivity contribution < 1.29 is 0 Å². The molecule has 90 valence electrons. The molecule has 2 aromatic heterocycles. The van der Waals surface area contributed by atoms with Gasteiger partial charge in [-0.3, -0.25) is 4.98 Å². The van der Waals surface area contributed by atoms with Crippen molar-refractivity contribution >= 4 is 28.8 Å². The van der Waals surface area contributed by atoms with E-state index in [0.29, 0.717) is 17.3 Å². The van der Waals surface area contributed by atoms with Crippen LogP contribution in [0.4, 0.5) is 11.5 Å². The number of rotatable bonds is 3. The molecule has 1 N–H and O–H groups in total. The van der Waals surface area contributed by atoms with Crippen molar-refractivity contribution in [2.45, 2.75) is 5.88 Å². The van der Waals surface area contributed by atoms with Crippen molar-refractivity contribution in [2.75, 3.05) is 5.32 Å². The van der Waals surface area contributed by atoms with Crippen molar-refractivity contribution in [3.8, 4) is 0 Å². The van der Waals surface area contributed by atoms with E-state index in [4.69, 9.17) is 11.6 Å². The lowest BCUT2D eigenvalue weighted by atomic mass is 10.2. The third-order valence-electron chi connectivity index (χ3n) is 2.49. The minimum atomic E-state index is 0.504. The Morgan fingerprint density at radius 2 is 2.00 bits per heavy atom. The average molecular weight is 261 g/mol. The summed E-state index contributed by atoms with van der Waals surface area (Å²) in [5, 5.41) is 14.5. The monoisotopic (exact) mass is 260 g/mol. The lowest BCUT2D eigenvalue weighted by Gasteiger charge is -2.07. The van der Waals surface area contributed by atoms with E-state index in [9.17, 15) is 0 Å². The van der Waals surface area contributed by atoms with Crippen LogP contribution < -0.4 is 5.32 Å². The molecule has 0 spiro atoms. The molecule has 3 aromatic rings. The third-order valence-corrected chi connectivity index (χ3v) is 2.80. The van der Waals surface area contributed by atoms with E-state index in [1.165, 1.54) is 0 Å². The number of alkyl halides is 1. The molecule has 0 unspecified atom stereocenters. The predicted octanol–water partition coefficient (Wildman–Crippen LogP) is 2.00. The number of hydrogen-bond acceptors (Lipinski definition) is 5. The summed E-state index contributed by atoms with van der Waals surface area (Å²) in [6.07, 6.45) is 3.26. The molecular weight excluding hydrogens is 252 g/mol. The molecule has 0 aliphatic carbocycles. The number of tetrazole rings is 1. The molecule has 0 radical (unpaired) electrons. The summed E-state index contributed by atoms with van der Waals surface area (Å²) in [5.74, 6) is 1.21. The van der Waals surface area contributed by atoms with Crippen LogP contribution in [-0.2, 0) is 5.88 Å². The molecule has 0 amide bonds. The largest absolute Gasteiger partial charge is 0.339 e. The van der Waals surface area contributed by atoms with Gasteiger partial charge in [-0.05, 0) is 28.1 Å². The predicted molar refractivity (Wildman–Crippen MR) is 67.9 cm³/mol. The molecule has 0 saturated heterocycles. The number of benzene rings is 1. The van der Waals surface area contributed by atoms with Crippen LogP contribution in [0.25, 0.3) is 5.65 Å². The van der Waals surface area contributed by atoms with Gasteiger partial charge in [0.1, 0.15) is 0 Å². The van der Waals surface area contributed by atoms with E-state index in [1.807, 2.05) is 24.3 Å². The summed E-state index contributed by atoms with van der Waals surface area (Å²) in [5.41, 5.74) is 2.59. The van der Waals surface area contributed by atoms with Crippen molar-refractivity contribution in [3.05, 3.63) is 42.2 Å². The Kier molecular flexibility index (Phi) is 2.77. The van der Waals surface area contributed by atoms with Gasteiger partial charge in [-0.25, -0.2) is 0 Å². The van der Waals surface area contributed by atoms with Crippen LogP contribution in [0, 0.1) is 0 Å². The molecule has 3 rings (SSSR count). The van der Waals surface area contributed by atoms with Crippen LogP contribution in [0.3, 0.4) is 0 Å². The van der Waals surface area contributed by atoms with E-state index in [0.717, 1.165) is 11.3 Å². The minimum Gasteiger partial charge on any atom is -0.339 e. The number of aromatic nitrogens is 5. The van der Waals surface area contributed by atoms with Gasteiger partial charge in [-0.1, -0.05) is 12.1 Å². The van der Waals surface area contributed by atoms with Crippen LogP contribution >= 0.6 is 11.6 Å². The lowest BCUT2D eigenvalue weighted by molar-refractivity contribution is 0.826. The molecule has 0 aliphatic rings. The Bertz CT molecular complexity index is 663. The average Bonchev–Trinajstić information content (AvgIpc) is 2.89. The second-order valence-corrected chi connectivity index (χ2v) is 3.96. The van der Waals surface area contributed by atoms with Gasteiger partial charge < -0.3 is 5.32 Å². The molecule has 18 heavy (non-hydrogen) atoms. The van der Waals surface area contributed by atoms with Crippen LogP contribution in [0.2, 0.25) is 0 Å². The smallest absolute Gasteiger partial charge is 0.199 e. The van der Waals surface area contributed by atoms with Gasteiger partial charge in [0.2, 0.25) is 0 Å². The van der Waals surface area contributed by atoms with E-state index in [1.54, 1.807) is 16.9 Å². The van der Waals surface area contributed by atoms with Gasteiger partial charge in [0, 0.05) is 11.6 Å². The molecule has 1 aromatic carbocycles. The normalized spacial score (nSPS) is 10.7. The number of fused-ring (bicyclic) bond motifs is 1. The van der Waals surface area contributed by atoms with Gasteiger partial charge in [0.15, 0.2) is 11.5 Å². The highest BCUT2D eigenvalue weighted by Crippen LogP contribution is 2.16. The third kappa shape index (κ3) is 1.98. The Morgan fingerprint density at radius 1 is 1.17 bits per heavy atom.